The summed E-state index contributed by atoms with van der Waals surface area (Å²) in [6.07, 6.45) is 1.38. The van der Waals surface area contributed by atoms with Crippen molar-refractivity contribution in [3.63, 3.8) is 0 Å². The Bertz CT molecular complexity index is 973. The first kappa shape index (κ1) is 18.4. The Hall–Kier alpha value is -3.40. The van der Waals surface area contributed by atoms with Crippen molar-refractivity contribution >= 4 is 17.1 Å². The number of carbonyl (C=O) groups excluding carboxylic acids is 2. The van der Waals surface area contributed by atoms with Gasteiger partial charge in [0.2, 0.25) is 0 Å². The van der Waals surface area contributed by atoms with Crippen molar-refractivity contribution in [1.29, 1.82) is 0 Å². The van der Waals surface area contributed by atoms with E-state index < -0.39 is 11.6 Å². The lowest BCUT2D eigenvalue weighted by molar-refractivity contribution is 0.0998. The average molecular weight is 362 g/mol. The molecule has 0 spiro atoms. The molecular weight excluding hydrogens is 346 g/mol. The van der Waals surface area contributed by atoms with Gasteiger partial charge in [-0.25, -0.2) is 8.78 Å². The summed E-state index contributed by atoms with van der Waals surface area (Å²) in [4.78, 5) is 25.1. The topological polar surface area (TPSA) is 34.1 Å². The zero-order valence-corrected chi connectivity index (χ0v) is 14.4. The van der Waals surface area contributed by atoms with Crippen LogP contribution in [0.25, 0.3) is 5.57 Å². The smallest absolute Gasteiger partial charge is 0.186 e. The van der Waals surface area contributed by atoms with E-state index in [9.17, 15) is 18.4 Å². The maximum atomic E-state index is 13.1. The molecule has 0 aliphatic heterocycles. The first-order valence-corrected chi connectivity index (χ1v) is 8.37. The van der Waals surface area contributed by atoms with Crippen molar-refractivity contribution in [2.24, 2.45) is 0 Å². The summed E-state index contributed by atoms with van der Waals surface area (Å²) in [6, 6.07) is 19.6. The highest BCUT2D eigenvalue weighted by molar-refractivity contribution is 6.11. The van der Waals surface area contributed by atoms with E-state index >= 15 is 0 Å². The van der Waals surface area contributed by atoms with E-state index in [4.69, 9.17) is 0 Å². The third kappa shape index (κ3) is 4.82. The molecule has 3 rings (SSSR count). The lowest BCUT2D eigenvalue weighted by Gasteiger charge is -2.08. The van der Waals surface area contributed by atoms with Crippen LogP contribution in [0.4, 0.5) is 8.78 Å². The minimum absolute atomic E-state index is 0.0113. The highest BCUT2D eigenvalue weighted by atomic mass is 19.1. The number of hydrogen-bond donors (Lipinski definition) is 0. The number of benzene rings is 3. The van der Waals surface area contributed by atoms with Crippen molar-refractivity contribution in [2.75, 3.05) is 0 Å². The summed E-state index contributed by atoms with van der Waals surface area (Å²) in [7, 11) is 0. The number of allylic oxidation sites excluding steroid dienone is 2. The van der Waals surface area contributed by atoms with Crippen molar-refractivity contribution < 1.29 is 18.4 Å². The van der Waals surface area contributed by atoms with E-state index in [0.29, 0.717) is 16.7 Å². The van der Waals surface area contributed by atoms with E-state index in [1.807, 2.05) is 30.3 Å². The Kier molecular flexibility index (Phi) is 5.67. The molecule has 0 aromatic heterocycles. The molecule has 0 N–H and O–H groups in total. The highest BCUT2D eigenvalue weighted by Crippen LogP contribution is 2.22. The molecule has 3 aromatic rings. The van der Waals surface area contributed by atoms with E-state index in [-0.39, 0.29) is 18.0 Å². The van der Waals surface area contributed by atoms with Crippen molar-refractivity contribution in [1.82, 2.24) is 0 Å². The van der Waals surface area contributed by atoms with Crippen LogP contribution >= 0.6 is 0 Å². The Morgan fingerprint density at radius 2 is 1.19 bits per heavy atom. The van der Waals surface area contributed by atoms with Gasteiger partial charge in [0.05, 0.1) is 0 Å². The summed E-state index contributed by atoms with van der Waals surface area (Å²) in [6.45, 7) is 0. The number of rotatable bonds is 6. The minimum atomic E-state index is -0.426. The van der Waals surface area contributed by atoms with E-state index in [1.165, 1.54) is 54.6 Å². The van der Waals surface area contributed by atoms with Crippen molar-refractivity contribution in [2.45, 2.75) is 6.42 Å². The van der Waals surface area contributed by atoms with Gasteiger partial charge in [-0.15, -0.1) is 0 Å². The van der Waals surface area contributed by atoms with Crippen LogP contribution in [0.2, 0.25) is 0 Å². The second-order valence-corrected chi connectivity index (χ2v) is 6.01. The summed E-state index contributed by atoms with van der Waals surface area (Å²) < 4.78 is 26.1. The number of halogens is 2. The lowest BCUT2D eigenvalue weighted by Crippen LogP contribution is -2.03. The Labute approximate surface area is 155 Å². The number of carbonyl (C=O) groups is 2. The third-order valence-electron chi connectivity index (χ3n) is 4.10. The molecule has 0 aliphatic rings. The summed E-state index contributed by atoms with van der Waals surface area (Å²) in [5.74, 6) is -1.39. The third-order valence-corrected chi connectivity index (χ3v) is 4.10. The largest absolute Gasteiger partial charge is 0.294 e. The van der Waals surface area contributed by atoms with E-state index in [1.54, 1.807) is 0 Å². The number of Topliss-reactive ketones (excluding diaryl/α,β-unsaturated/α-hetero) is 1. The Morgan fingerprint density at radius 1 is 0.667 bits per heavy atom. The van der Waals surface area contributed by atoms with Gasteiger partial charge in [0.15, 0.2) is 11.6 Å². The van der Waals surface area contributed by atoms with E-state index in [2.05, 4.69) is 0 Å². The SMILES string of the molecule is O=C(C=C(CC(=O)c1ccc(F)cc1)c1ccccc1)c1ccc(F)cc1. The van der Waals surface area contributed by atoms with Gasteiger partial charge < -0.3 is 0 Å². The molecule has 0 saturated carbocycles. The number of hydrogen-bond acceptors (Lipinski definition) is 2. The Balaban J connectivity index is 1.91. The molecule has 4 heteroatoms. The van der Waals surface area contributed by atoms with Crippen LogP contribution in [0.3, 0.4) is 0 Å². The van der Waals surface area contributed by atoms with Gasteiger partial charge in [0.25, 0.3) is 0 Å². The first-order chi connectivity index (χ1) is 13.0. The fourth-order valence-corrected chi connectivity index (χ4v) is 2.66. The zero-order chi connectivity index (χ0) is 19.2. The molecule has 3 aromatic carbocycles. The maximum Gasteiger partial charge on any atom is 0.186 e. The summed E-state index contributed by atoms with van der Waals surface area (Å²) >= 11 is 0. The predicted molar refractivity (Wildman–Crippen MR) is 100 cm³/mol. The highest BCUT2D eigenvalue weighted by Gasteiger charge is 2.13. The summed E-state index contributed by atoms with van der Waals surface area (Å²) in [5, 5.41) is 0. The van der Waals surface area contributed by atoms with Crippen molar-refractivity contribution in [3.05, 3.63) is 113 Å². The van der Waals surface area contributed by atoms with Gasteiger partial charge in [-0.05, 0) is 65.7 Å². The molecule has 0 heterocycles. The normalized spacial score (nSPS) is 11.3. The number of ketones is 2. The van der Waals surface area contributed by atoms with Crippen LogP contribution in [0.1, 0.15) is 32.7 Å². The van der Waals surface area contributed by atoms with Gasteiger partial charge in [-0.2, -0.15) is 0 Å². The van der Waals surface area contributed by atoms with Crippen molar-refractivity contribution in [3.8, 4) is 0 Å². The fourth-order valence-electron chi connectivity index (χ4n) is 2.66. The quantitative estimate of drug-likeness (QED) is 0.428. The molecule has 0 aliphatic carbocycles. The van der Waals surface area contributed by atoms with Gasteiger partial charge in [-0.1, -0.05) is 30.3 Å². The zero-order valence-electron chi connectivity index (χ0n) is 14.4. The maximum absolute atomic E-state index is 13.1. The second kappa shape index (κ2) is 8.32. The lowest BCUT2D eigenvalue weighted by atomic mass is 9.95. The molecule has 0 atom stereocenters. The van der Waals surface area contributed by atoms with E-state index in [0.717, 1.165) is 5.56 Å². The monoisotopic (exact) mass is 362 g/mol. The molecule has 0 amide bonds. The fraction of sp³-hybridized carbons (Fsp3) is 0.0435. The molecule has 0 saturated heterocycles. The molecule has 134 valence electrons. The van der Waals surface area contributed by atoms with Gasteiger partial charge in [0, 0.05) is 17.5 Å². The van der Waals surface area contributed by atoms with Crippen LogP contribution in [-0.2, 0) is 0 Å². The van der Waals surface area contributed by atoms with Crippen LogP contribution in [0.15, 0.2) is 84.9 Å². The van der Waals surface area contributed by atoms with Crippen LogP contribution in [0.5, 0.6) is 0 Å². The molecule has 2 nitrogen and oxygen atoms in total. The second-order valence-electron chi connectivity index (χ2n) is 6.01. The van der Waals surface area contributed by atoms with Gasteiger partial charge in [-0.3, -0.25) is 9.59 Å². The Morgan fingerprint density at radius 3 is 1.74 bits per heavy atom. The minimum Gasteiger partial charge on any atom is -0.294 e. The van der Waals surface area contributed by atoms with Crippen LogP contribution < -0.4 is 0 Å². The average Bonchev–Trinajstić information content (AvgIpc) is 2.69. The van der Waals surface area contributed by atoms with Gasteiger partial charge >= 0.3 is 0 Å². The molecule has 0 radical (unpaired) electrons. The molecular formula is C23H16F2O2. The molecule has 0 bridgehead atoms. The molecule has 0 fully saturated rings. The standard InChI is InChI=1S/C23H16F2O2/c24-20-10-6-17(7-11-20)22(26)14-19(16-4-2-1-3-5-16)15-23(27)18-8-12-21(25)13-9-18/h1-14H,15H2. The summed E-state index contributed by atoms with van der Waals surface area (Å²) in [5.41, 5.74) is 1.98. The van der Waals surface area contributed by atoms with Crippen LogP contribution in [-0.4, -0.2) is 11.6 Å². The van der Waals surface area contributed by atoms with Gasteiger partial charge in [0.1, 0.15) is 11.6 Å². The van der Waals surface area contributed by atoms with Crippen LogP contribution in [0, 0.1) is 11.6 Å². The molecule has 27 heavy (non-hydrogen) atoms. The first-order valence-electron chi connectivity index (χ1n) is 8.37. The predicted octanol–water partition coefficient (Wildman–Crippen LogP) is 5.50. The molecule has 0 unspecified atom stereocenters.